The van der Waals surface area contributed by atoms with Crippen molar-refractivity contribution in [1.29, 1.82) is 0 Å². The summed E-state index contributed by atoms with van der Waals surface area (Å²) in [4.78, 5) is 0. The quantitative estimate of drug-likeness (QED) is 0.851. The molecule has 3 heteroatoms. The van der Waals surface area contributed by atoms with Gasteiger partial charge in [-0.1, -0.05) is 13.8 Å². The van der Waals surface area contributed by atoms with Crippen molar-refractivity contribution in [2.24, 2.45) is 0 Å². The number of hydrogen-bond acceptors (Lipinski definition) is 3. The van der Waals surface area contributed by atoms with Crippen LogP contribution >= 0.6 is 0 Å². The Morgan fingerprint density at radius 3 is 2.15 bits per heavy atom. The fourth-order valence-corrected chi connectivity index (χ4v) is 3.04. The molecule has 0 saturated heterocycles. The number of hydrogen-bond donors (Lipinski definition) is 1. The maximum atomic E-state index is 5.76. The second-order valence-electron chi connectivity index (χ2n) is 5.38. The van der Waals surface area contributed by atoms with Crippen LogP contribution in [0.5, 0.6) is 11.5 Å². The molecule has 0 aliphatic heterocycles. The van der Waals surface area contributed by atoms with Crippen molar-refractivity contribution in [3.8, 4) is 11.5 Å². The molecule has 112 valence electrons. The minimum atomic E-state index is 0.445. The lowest BCUT2D eigenvalue weighted by Crippen LogP contribution is -2.26. The number of nitrogens with one attached hydrogen (secondary N) is 1. The smallest absolute Gasteiger partial charge is 0.161 e. The lowest BCUT2D eigenvalue weighted by atomic mass is 9.80. The Balaban J connectivity index is 2.43. The topological polar surface area (TPSA) is 30.5 Å². The summed E-state index contributed by atoms with van der Waals surface area (Å²) in [5.74, 6) is 2.36. The maximum absolute atomic E-state index is 5.76. The second-order valence-corrected chi connectivity index (χ2v) is 5.38. The van der Waals surface area contributed by atoms with Gasteiger partial charge in [-0.25, -0.2) is 0 Å². The third-order valence-electron chi connectivity index (χ3n) is 3.99. The van der Waals surface area contributed by atoms with Gasteiger partial charge in [-0.05, 0) is 62.4 Å². The van der Waals surface area contributed by atoms with Crippen molar-refractivity contribution in [2.75, 3.05) is 19.8 Å². The van der Waals surface area contributed by atoms with Gasteiger partial charge in [0.05, 0.1) is 13.2 Å². The molecule has 0 bridgehead atoms. The zero-order chi connectivity index (χ0) is 14.5. The van der Waals surface area contributed by atoms with Gasteiger partial charge in [0, 0.05) is 6.04 Å². The van der Waals surface area contributed by atoms with Crippen molar-refractivity contribution in [1.82, 2.24) is 5.32 Å². The zero-order valence-corrected chi connectivity index (χ0v) is 13.2. The van der Waals surface area contributed by atoms with Crippen molar-refractivity contribution < 1.29 is 9.47 Å². The van der Waals surface area contributed by atoms with Crippen LogP contribution in [0.2, 0.25) is 0 Å². The Kier molecular flexibility index (Phi) is 5.30. The van der Waals surface area contributed by atoms with Gasteiger partial charge in [0.2, 0.25) is 0 Å². The van der Waals surface area contributed by atoms with Crippen LogP contribution < -0.4 is 14.8 Å². The summed E-state index contributed by atoms with van der Waals surface area (Å²) in [6.07, 6.45) is 2.42. The fraction of sp³-hybridized carbons (Fsp3) is 0.647. The Morgan fingerprint density at radius 1 is 1.00 bits per heavy atom. The predicted molar refractivity (Wildman–Crippen MR) is 82.8 cm³/mol. The minimum Gasteiger partial charge on any atom is -0.490 e. The largest absolute Gasteiger partial charge is 0.490 e. The number of ether oxygens (including phenoxy) is 2. The highest BCUT2D eigenvalue weighted by atomic mass is 16.5. The first-order valence-corrected chi connectivity index (χ1v) is 7.88. The summed E-state index contributed by atoms with van der Waals surface area (Å²) >= 11 is 0. The van der Waals surface area contributed by atoms with Crippen LogP contribution in [-0.4, -0.2) is 19.8 Å². The second kappa shape index (κ2) is 6.98. The molecule has 20 heavy (non-hydrogen) atoms. The van der Waals surface area contributed by atoms with E-state index in [9.17, 15) is 0 Å². The lowest BCUT2D eigenvalue weighted by molar-refractivity contribution is 0.285. The van der Waals surface area contributed by atoms with Crippen molar-refractivity contribution >= 4 is 0 Å². The molecule has 2 rings (SSSR count). The van der Waals surface area contributed by atoms with Crippen molar-refractivity contribution in [3.05, 3.63) is 23.3 Å². The third kappa shape index (κ3) is 3.09. The van der Waals surface area contributed by atoms with Gasteiger partial charge in [-0.2, -0.15) is 0 Å². The average Bonchev–Trinajstić information content (AvgIpc) is 2.44. The summed E-state index contributed by atoms with van der Waals surface area (Å²) in [5.41, 5.74) is 2.80. The van der Waals surface area contributed by atoms with E-state index in [1.54, 1.807) is 0 Å². The zero-order valence-electron chi connectivity index (χ0n) is 13.2. The molecule has 0 heterocycles. The van der Waals surface area contributed by atoms with Crippen LogP contribution in [0, 0.1) is 0 Å². The van der Waals surface area contributed by atoms with Gasteiger partial charge in [0.15, 0.2) is 11.5 Å². The van der Waals surface area contributed by atoms with E-state index in [2.05, 4.69) is 31.3 Å². The first-order chi connectivity index (χ1) is 9.71. The van der Waals surface area contributed by atoms with Gasteiger partial charge in [-0.15, -0.1) is 0 Å². The van der Waals surface area contributed by atoms with Crippen LogP contribution in [0.15, 0.2) is 12.1 Å². The first kappa shape index (κ1) is 15.2. The van der Waals surface area contributed by atoms with E-state index < -0.39 is 0 Å². The van der Waals surface area contributed by atoms with Gasteiger partial charge >= 0.3 is 0 Å². The van der Waals surface area contributed by atoms with Crippen molar-refractivity contribution in [3.63, 3.8) is 0 Å². The van der Waals surface area contributed by atoms with Crippen LogP contribution in [0.3, 0.4) is 0 Å². The van der Waals surface area contributed by atoms with E-state index in [0.29, 0.717) is 25.2 Å². The summed E-state index contributed by atoms with van der Waals surface area (Å²) in [5, 5.41) is 3.59. The number of fused-ring (bicyclic) bond motifs is 1. The SMILES string of the molecule is CCNC1CCC(C)c2cc(OCC)c(OCC)cc21. The average molecular weight is 277 g/mol. The molecule has 0 spiro atoms. The normalized spacial score (nSPS) is 21.4. The highest BCUT2D eigenvalue weighted by molar-refractivity contribution is 5.50. The molecule has 0 aromatic heterocycles. The van der Waals surface area contributed by atoms with E-state index in [-0.39, 0.29) is 0 Å². The molecule has 1 aliphatic carbocycles. The molecule has 1 aliphatic rings. The van der Waals surface area contributed by atoms with Crippen molar-refractivity contribution in [2.45, 2.75) is 52.5 Å². The van der Waals surface area contributed by atoms with E-state index in [0.717, 1.165) is 18.0 Å². The minimum absolute atomic E-state index is 0.445. The summed E-state index contributed by atoms with van der Waals surface area (Å²) in [7, 11) is 0. The molecular formula is C17H27NO2. The van der Waals surface area contributed by atoms with Crippen LogP contribution in [-0.2, 0) is 0 Å². The Labute approximate surface area is 122 Å². The molecule has 1 aromatic rings. The molecule has 1 aromatic carbocycles. The van der Waals surface area contributed by atoms with E-state index in [1.807, 2.05) is 13.8 Å². The van der Waals surface area contributed by atoms with E-state index >= 15 is 0 Å². The van der Waals surface area contributed by atoms with Gasteiger partial charge < -0.3 is 14.8 Å². The summed E-state index contributed by atoms with van der Waals surface area (Å²) < 4.78 is 11.5. The Morgan fingerprint density at radius 2 is 1.60 bits per heavy atom. The third-order valence-corrected chi connectivity index (χ3v) is 3.99. The van der Waals surface area contributed by atoms with Crippen LogP contribution in [0.1, 0.15) is 63.6 Å². The number of benzene rings is 1. The Bertz CT molecular complexity index is 445. The molecule has 2 atom stereocenters. The molecule has 0 fully saturated rings. The first-order valence-electron chi connectivity index (χ1n) is 7.88. The molecule has 0 saturated carbocycles. The van der Waals surface area contributed by atoms with E-state index in [1.165, 1.54) is 24.0 Å². The number of rotatable bonds is 6. The molecule has 0 radical (unpaired) electrons. The van der Waals surface area contributed by atoms with Gasteiger partial charge in [0.1, 0.15) is 0 Å². The predicted octanol–water partition coefficient (Wildman–Crippen LogP) is 4.03. The monoisotopic (exact) mass is 277 g/mol. The molecule has 3 nitrogen and oxygen atoms in total. The fourth-order valence-electron chi connectivity index (χ4n) is 3.04. The van der Waals surface area contributed by atoms with Crippen LogP contribution in [0.25, 0.3) is 0 Å². The molecule has 1 N–H and O–H groups in total. The highest BCUT2D eigenvalue weighted by Gasteiger charge is 2.26. The standard InChI is InChI=1S/C17H27NO2/c1-5-18-15-9-8-12(4)13-10-16(19-6-2)17(20-7-3)11-14(13)15/h10-12,15,18H,5-9H2,1-4H3. The van der Waals surface area contributed by atoms with E-state index in [4.69, 9.17) is 9.47 Å². The maximum Gasteiger partial charge on any atom is 0.161 e. The lowest BCUT2D eigenvalue weighted by Gasteiger charge is -2.31. The Hall–Kier alpha value is -1.22. The molecule has 2 unspecified atom stereocenters. The molecular weight excluding hydrogens is 250 g/mol. The van der Waals surface area contributed by atoms with Gasteiger partial charge in [-0.3, -0.25) is 0 Å². The summed E-state index contributed by atoms with van der Waals surface area (Å²) in [6.45, 7) is 10.8. The highest BCUT2D eigenvalue weighted by Crippen LogP contribution is 2.43. The molecule has 0 amide bonds. The van der Waals surface area contributed by atoms with Gasteiger partial charge in [0.25, 0.3) is 0 Å². The summed E-state index contributed by atoms with van der Waals surface area (Å²) in [6, 6.07) is 4.83. The van der Waals surface area contributed by atoms with Crippen LogP contribution in [0.4, 0.5) is 0 Å².